The van der Waals surface area contributed by atoms with E-state index in [1.165, 1.54) is 49.4 Å². The molecular formula is C47H36N2. The molecule has 1 heterocycles. The molecule has 0 bridgehead atoms. The third kappa shape index (κ3) is 5.64. The fourth-order valence-electron chi connectivity index (χ4n) is 6.94. The molecule has 0 saturated heterocycles. The van der Waals surface area contributed by atoms with Gasteiger partial charge in [0.2, 0.25) is 0 Å². The number of allylic oxidation sites excluding steroid dienone is 5. The summed E-state index contributed by atoms with van der Waals surface area (Å²) in [5.41, 5.74) is 11.6. The van der Waals surface area contributed by atoms with Gasteiger partial charge in [-0.05, 0) is 89.2 Å². The Morgan fingerprint density at radius 1 is 0.551 bits per heavy atom. The molecule has 0 amide bonds. The maximum absolute atomic E-state index is 4.17. The second kappa shape index (κ2) is 13.0. The molecule has 49 heavy (non-hydrogen) atoms. The molecule has 0 unspecified atom stereocenters. The largest absolute Gasteiger partial charge is 0.314 e. The first-order valence-electron chi connectivity index (χ1n) is 16.7. The van der Waals surface area contributed by atoms with E-state index < -0.39 is 0 Å². The van der Waals surface area contributed by atoms with Gasteiger partial charge >= 0.3 is 0 Å². The van der Waals surface area contributed by atoms with Gasteiger partial charge in [0.15, 0.2) is 0 Å². The summed E-state index contributed by atoms with van der Waals surface area (Å²) in [6.07, 6.45) is 6.30. The maximum atomic E-state index is 4.17. The van der Waals surface area contributed by atoms with Crippen molar-refractivity contribution in [2.24, 2.45) is 0 Å². The monoisotopic (exact) mass is 628 g/mol. The fourth-order valence-corrected chi connectivity index (χ4v) is 6.94. The summed E-state index contributed by atoms with van der Waals surface area (Å²) in [6, 6.07) is 60.5. The molecule has 8 aromatic rings. The van der Waals surface area contributed by atoms with Crippen molar-refractivity contribution in [3.8, 4) is 16.8 Å². The number of benzene rings is 7. The van der Waals surface area contributed by atoms with Gasteiger partial charge in [0.1, 0.15) is 0 Å². The zero-order valence-electron chi connectivity index (χ0n) is 27.5. The minimum absolute atomic E-state index is 1.07. The molecular weight excluding hydrogens is 593 g/mol. The van der Waals surface area contributed by atoms with Crippen LogP contribution in [-0.4, -0.2) is 4.57 Å². The van der Waals surface area contributed by atoms with Crippen molar-refractivity contribution in [1.82, 2.24) is 4.57 Å². The first-order valence-corrected chi connectivity index (χ1v) is 16.7. The summed E-state index contributed by atoms with van der Waals surface area (Å²) in [6.45, 7) is 6.34. The first kappa shape index (κ1) is 30.0. The van der Waals surface area contributed by atoms with Gasteiger partial charge in [-0.3, -0.25) is 0 Å². The van der Waals surface area contributed by atoms with Crippen LogP contribution in [0.25, 0.3) is 55.0 Å². The molecule has 1 aromatic heterocycles. The lowest BCUT2D eigenvalue weighted by Crippen LogP contribution is -2.14. The summed E-state index contributed by atoms with van der Waals surface area (Å²) in [5, 5.41) is 4.94. The van der Waals surface area contributed by atoms with Gasteiger partial charge in [0.25, 0.3) is 0 Å². The Kier molecular flexibility index (Phi) is 7.97. The van der Waals surface area contributed by atoms with E-state index >= 15 is 0 Å². The summed E-state index contributed by atoms with van der Waals surface area (Å²) >= 11 is 0. The van der Waals surface area contributed by atoms with E-state index in [9.17, 15) is 0 Å². The quantitative estimate of drug-likeness (QED) is 0.152. The van der Waals surface area contributed by atoms with Crippen molar-refractivity contribution < 1.29 is 0 Å². The molecule has 0 saturated carbocycles. The highest BCUT2D eigenvalue weighted by atomic mass is 15.1. The Bertz CT molecular complexity index is 2490. The number of nitrogens with zero attached hydrogens (tertiary/aromatic N) is 2. The smallest absolute Gasteiger partial charge is 0.0541 e. The average molecular weight is 629 g/mol. The molecule has 0 fully saturated rings. The molecule has 0 aliphatic rings. The SMILES string of the molecule is C=C/C(=C\C=C(/C)N(c1ccccc1)c1cccc2ccccc12)c1ccc(-c2ccc3c(c2)c2ccccc2n3-c2ccccc2)cc1. The first-order chi connectivity index (χ1) is 24.2. The second-order valence-corrected chi connectivity index (χ2v) is 12.3. The minimum atomic E-state index is 1.07. The topological polar surface area (TPSA) is 8.17 Å². The molecule has 7 aromatic carbocycles. The van der Waals surface area contributed by atoms with Crippen LogP contribution in [0, 0.1) is 0 Å². The van der Waals surface area contributed by atoms with Crippen molar-refractivity contribution in [3.63, 3.8) is 0 Å². The predicted octanol–water partition coefficient (Wildman–Crippen LogP) is 12.9. The normalized spacial score (nSPS) is 12.1. The van der Waals surface area contributed by atoms with E-state index in [4.69, 9.17) is 0 Å². The molecule has 0 aliphatic heterocycles. The molecule has 2 nitrogen and oxygen atoms in total. The standard InChI is InChI=1S/C47H36N2/c1-3-35(26-25-34(2)48(40-17-6-4-7-18-40)45-24-14-16-38-15-10-11-21-42(38)45)36-27-29-37(30-28-36)39-31-32-47-44(33-39)43-22-12-13-23-46(43)49(47)41-19-8-5-9-20-41/h3-33H,1H2,2H3/b34-25+,35-26+. The van der Waals surface area contributed by atoms with Crippen LogP contribution in [0.5, 0.6) is 0 Å². The van der Waals surface area contributed by atoms with Crippen molar-refractivity contribution in [2.75, 3.05) is 4.90 Å². The predicted molar refractivity (Wildman–Crippen MR) is 211 cm³/mol. The van der Waals surface area contributed by atoms with E-state index in [1.54, 1.807) is 0 Å². The van der Waals surface area contributed by atoms with Gasteiger partial charge in [-0.15, -0.1) is 0 Å². The van der Waals surface area contributed by atoms with Gasteiger partial charge in [-0.2, -0.15) is 0 Å². The number of hydrogen-bond acceptors (Lipinski definition) is 1. The molecule has 2 heteroatoms. The van der Waals surface area contributed by atoms with E-state index in [1.807, 2.05) is 6.08 Å². The van der Waals surface area contributed by atoms with Gasteiger partial charge in [-0.25, -0.2) is 0 Å². The van der Waals surface area contributed by atoms with Crippen molar-refractivity contribution in [3.05, 3.63) is 206 Å². The van der Waals surface area contributed by atoms with Crippen molar-refractivity contribution in [1.29, 1.82) is 0 Å². The Morgan fingerprint density at radius 2 is 1.18 bits per heavy atom. The lowest BCUT2D eigenvalue weighted by atomic mass is 9.98. The minimum Gasteiger partial charge on any atom is -0.314 e. The Hall–Kier alpha value is -6.38. The number of hydrogen-bond donors (Lipinski definition) is 0. The average Bonchev–Trinajstić information content (AvgIpc) is 3.50. The van der Waals surface area contributed by atoms with E-state index in [0.717, 1.165) is 28.2 Å². The third-order valence-electron chi connectivity index (χ3n) is 9.34. The molecule has 0 radical (unpaired) electrons. The van der Waals surface area contributed by atoms with Crippen LogP contribution >= 0.6 is 0 Å². The molecule has 0 aliphatic carbocycles. The highest BCUT2D eigenvalue weighted by Crippen LogP contribution is 2.37. The van der Waals surface area contributed by atoms with Gasteiger partial charge < -0.3 is 9.47 Å². The molecule has 0 spiro atoms. The van der Waals surface area contributed by atoms with Crippen LogP contribution in [0.15, 0.2) is 200 Å². The zero-order valence-corrected chi connectivity index (χ0v) is 27.5. The Balaban J connectivity index is 1.13. The molecule has 8 rings (SSSR count). The van der Waals surface area contributed by atoms with Gasteiger partial charge in [0.05, 0.1) is 16.7 Å². The van der Waals surface area contributed by atoms with E-state index in [2.05, 4.69) is 205 Å². The number of aromatic nitrogens is 1. The highest BCUT2D eigenvalue weighted by Gasteiger charge is 2.15. The lowest BCUT2D eigenvalue weighted by molar-refractivity contribution is 1.16. The number of anilines is 2. The zero-order chi connectivity index (χ0) is 33.2. The number of rotatable bonds is 8. The van der Waals surface area contributed by atoms with Crippen LogP contribution in [0.2, 0.25) is 0 Å². The lowest BCUT2D eigenvalue weighted by Gasteiger charge is -2.27. The summed E-state index contributed by atoms with van der Waals surface area (Å²) < 4.78 is 2.35. The number of fused-ring (bicyclic) bond motifs is 4. The van der Waals surface area contributed by atoms with Crippen molar-refractivity contribution in [2.45, 2.75) is 6.92 Å². The summed E-state index contributed by atoms with van der Waals surface area (Å²) in [4.78, 5) is 2.33. The fraction of sp³-hybridized carbons (Fsp3) is 0.0213. The van der Waals surface area contributed by atoms with Crippen LogP contribution in [0.1, 0.15) is 12.5 Å². The highest BCUT2D eigenvalue weighted by molar-refractivity contribution is 6.10. The van der Waals surface area contributed by atoms with E-state index in [0.29, 0.717) is 0 Å². The molecule has 0 atom stereocenters. The molecule has 234 valence electrons. The Labute approximate surface area is 287 Å². The summed E-state index contributed by atoms with van der Waals surface area (Å²) in [5.74, 6) is 0. The third-order valence-corrected chi connectivity index (χ3v) is 9.34. The van der Waals surface area contributed by atoms with Crippen LogP contribution < -0.4 is 4.90 Å². The van der Waals surface area contributed by atoms with Crippen LogP contribution in [0.3, 0.4) is 0 Å². The van der Waals surface area contributed by atoms with Crippen LogP contribution in [0.4, 0.5) is 11.4 Å². The van der Waals surface area contributed by atoms with Crippen LogP contribution in [-0.2, 0) is 0 Å². The van der Waals surface area contributed by atoms with Gasteiger partial charge in [0, 0.05) is 33.2 Å². The van der Waals surface area contributed by atoms with Crippen molar-refractivity contribution >= 4 is 49.5 Å². The van der Waals surface area contributed by atoms with E-state index in [-0.39, 0.29) is 0 Å². The molecule has 0 N–H and O–H groups in total. The summed E-state index contributed by atoms with van der Waals surface area (Å²) in [7, 11) is 0. The second-order valence-electron chi connectivity index (χ2n) is 12.3. The number of para-hydroxylation sites is 3. The Morgan fingerprint density at radius 3 is 1.96 bits per heavy atom. The van der Waals surface area contributed by atoms with Gasteiger partial charge in [-0.1, -0.05) is 140 Å². The maximum Gasteiger partial charge on any atom is 0.0541 e.